The van der Waals surface area contributed by atoms with Crippen molar-refractivity contribution in [2.45, 2.75) is 42.7 Å². The minimum absolute atomic E-state index is 0.0869. The van der Waals surface area contributed by atoms with Crippen molar-refractivity contribution in [3.8, 4) is 0 Å². The molecule has 6 nitrogen and oxygen atoms in total. The number of nitrogens with zero attached hydrogens (tertiary/aromatic N) is 1. The van der Waals surface area contributed by atoms with Crippen molar-refractivity contribution in [1.29, 1.82) is 0 Å². The van der Waals surface area contributed by atoms with Gasteiger partial charge in [0.05, 0.1) is 4.58 Å². The van der Waals surface area contributed by atoms with Crippen LogP contribution < -0.4 is 10.6 Å². The minimum Gasteiger partial charge on any atom is -0.325 e. The number of carbonyl (C=O) groups is 3. The summed E-state index contributed by atoms with van der Waals surface area (Å²) in [6.07, 6.45) is 3.55. The van der Waals surface area contributed by atoms with E-state index in [9.17, 15) is 14.4 Å². The molecule has 0 radical (unpaired) electrons. The molecule has 2 heterocycles. The molecule has 1 aliphatic carbocycles. The molecular weight excluding hydrogens is 394 g/mol. The van der Waals surface area contributed by atoms with Crippen LogP contribution in [0, 0.1) is 5.92 Å². The number of hydrogen-bond donors (Lipinski definition) is 2. The Kier molecular flexibility index (Phi) is 5.60. The molecule has 28 heavy (non-hydrogen) atoms. The van der Waals surface area contributed by atoms with Crippen LogP contribution in [0.1, 0.15) is 42.8 Å². The molecule has 2 atom stereocenters. The maximum absolute atomic E-state index is 13.0. The van der Waals surface area contributed by atoms with Crippen LogP contribution in [-0.4, -0.2) is 46.3 Å². The highest BCUT2D eigenvalue weighted by Crippen LogP contribution is 2.45. The molecule has 2 N–H and O–H groups in total. The Bertz CT molecular complexity index is 797. The van der Waals surface area contributed by atoms with Gasteiger partial charge in [-0.2, -0.15) is 0 Å². The van der Waals surface area contributed by atoms with Crippen LogP contribution in [0.3, 0.4) is 0 Å². The van der Waals surface area contributed by atoms with Crippen molar-refractivity contribution in [2.24, 2.45) is 5.92 Å². The molecule has 3 fully saturated rings. The second-order valence-electron chi connectivity index (χ2n) is 7.69. The quantitative estimate of drug-likeness (QED) is 0.729. The van der Waals surface area contributed by atoms with E-state index in [4.69, 9.17) is 0 Å². The van der Waals surface area contributed by atoms with Gasteiger partial charge in [0.15, 0.2) is 0 Å². The van der Waals surface area contributed by atoms with Gasteiger partial charge in [-0.05, 0) is 36.5 Å². The zero-order chi connectivity index (χ0) is 19.7. The molecular formula is C20H25N3O3S2. The van der Waals surface area contributed by atoms with Crippen molar-refractivity contribution >= 4 is 47.1 Å². The first-order valence-corrected chi connectivity index (χ1v) is 11.9. The molecule has 4 amide bonds. The summed E-state index contributed by atoms with van der Waals surface area (Å²) in [5.74, 6) is 1.75. The van der Waals surface area contributed by atoms with Gasteiger partial charge in [0.2, 0.25) is 5.91 Å². The van der Waals surface area contributed by atoms with Crippen molar-refractivity contribution in [3.63, 3.8) is 0 Å². The molecule has 1 saturated carbocycles. The minimum atomic E-state index is -0.827. The molecule has 1 aromatic carbocycles. The average Bonchev–Trinajstić information content (AvgIpc) is 3.29. The van der Waals surface area contributed by atoms with Crippen LogP contribution in [0.15, 0.2) is 24.3 Å². The Morgan fingerprint density at radius 2 is 2.07 bits per heavy atom. The second-order valence-corrected chi connectivity index (χ2v) is 10.4. The van der Waals surface area contributed by atoms with E-state index < -0.39 is 11.6 Å². The lowest BCUT2D eigenvalue weighted by Crippen LogP contribution is -2.54. The van der Waals surface area contributed by atoms with Gasteiger partial charge in [0.25, 0.3) is 5.91 Å². The Morgan fingerprint density at radius 3 is 2.82 bits per heavy atom. The number of benzene rings is 1. The van der Waals surface area contributed by atoms with Crippen LogP contribution in [0.4, 0.5) is 10.5 Å². The first-order valence-electron chi connectivity index (χ1n) is 9.77. The Labute approximate surface area is 173 Å². The van der Waals surface area contributed by atoms with E-state index in [-0.39, 0.29) is 24.3 Å². The zero-order valence-electron chi connectivity index (χ0n) is 15.9. The van der Waals surface area contributed by atoms with Crippen LogP contribution >= 0.6 is 23.5 Å². The van der Waals surface area contributed by atoms with Gasteiger partial charge in [0.1, 0.15) is 12.1 Å². The lowest BCUT2D eigenvalue weighted by molar-refractivity contribution is -0.136. The molecule has 3 aliphatic rings. The first-order chi connectivity index (χ1) is 13.5. The van der Waals surface area contributed by atoms with E-state index in [0.29, 0.717) is 16.7 Å². The van der Waals surface area contributed by atoms with Gasteiger partial charge in [-0.3, -0.25) is 14.5 Å². The van der Waals surface area contributed by atoms with E-state index in [1.54, 1.807) is 0 Å². The van der Waals surface area contributed by atoms with E-state index >= 15 is 0 Å². The highest BCUT2D eigenvalue weighted by Gasteiger charge is 2.55. The van der Waals surface area contributed by atoms with Gasteiger partial charge < -0.3 is 10.6 Å². The molecule has 2 aliphatic heterocycles. The number of carbonyl (C=O) groups excluding carboxylic acids is 3. The third kappa shape index (κ3) is 3.64. The van der Waals surface area contributed by atoms with Crippen LogP contribution in [-0.2, 0) is 9.59 Å². The van der Waals surface area contributed by atoms with Crippen molar-refractivity contribution in [1.82, 2.24) is 10.2 Å². The summed E-state index contributed by atoms with van der Waals surface area (Å²) in [5.41, 5.74) is 1.05. The summed E-state index contributed by atoms with van der Waals surface area (Å²) >= 11 is 3.81. The summed E-state index contributed by atoms with van der Waals surface area (Å²) in [7, 11) is 0. The molecule has 8 heteroatoms. The lowest BCUT2D eigenvalue weighted by Gasteiger charge is -2.36. The number of urea groups is 1. The fourth-order valence-corrected chi connectivity index (χ4v) is 7.14. The third-order valence-corrected chi connectivity index (χ3v) is 8.97. The summed E-state index contributed by atoms with van der Waals surface area (Å²) in [4.78, 5) is 39.0. The fourth-order valence-electron chi connectivity index (χ4n) is 4.30. The first kappa shape index (κ1) is 19.6. The normalized spacial score (nSPS) is 28.0. The highest BCUT2D eigenvalue weighted by molar-refractivity contribution is 8.19. The van der Waals surface area contributed by atoms with Crippen molar-refractivity contribution in [3.05, 3.63) is 29.8 Å². The molecule has 2 unspecified atom stereocenters. The topological polar surface area (TPSA) is 78.5 Å². The number of amides is 4. The van der Waals surface area contributed by atoms with Crippen molar-refractivity contribution < 1.29 is 14.4 Å². The van der Waals surface area contributed by atoms with E-state index in [1.807, 2.05) is 48.6 Å². The number of nitrogens with one attached hydrogen (secondary N) is 2. The molecule has 150 valence electrons. The Balaban J connectivity index is 1.42. The number of rotatable bonds is 4. The molecule has 0 bridgehead atoms. The molecule has 4 rings (SSSR count). The predicted octanol–water partition coefficient (Wildman–Crippen LogP) is 3.60. The van der Waals surface area contributed by atoms with Gasteiger partial charge in [0, 0.05) is 17.2 Å². The number of anilines is 1. The fraction of sp³-hybridized carbons (Fsp3) is 0.550. The van der Waals surface area contributed by atoms with Crippen LogP contribution in [0.2, 0.25) is 0 Å². The standard InChI is InChI=1S/C20H25N3O3S2/c1-13-5-2-3-8-20(13)18(25)23(19(26)22-20)12-16(24)21-15-7-4-6-14(11-15)17-27-9-10-28-17/h4,6-7,11,13,17H,2-3,5,8-10,12H2,1H3,(H,21,24)(H,22,26). The Hall–Kier alpha value is -1.67. The van der Waals surface area contributed by atoms with Gasteiger partial charge >= 0.3 is 6.03 Å². The summed E-state index contributed by atoms with van der Waals surface area (Å²) in [6.45, 7) is 1.75. The monoisotopic (exact) mass is 419 g/mol. The summed E-state index contributed by atoms with van der Waals surface area (Å²) in [6, 6.07) is 7.35. The van der Waals surface area contributed by atoms with E-state index in [1.165, 1.54) is 5.56 Å². The SMILES string of the molecule is CC1CCCCC12NC(=O)N(CC(=O)Nc1cccc(C3SCCS3)c1)C2=O. The largest absolute Gasteiger partial charge is 0.325 e. The average molecular weight is 420 g/mol. The van der Waals surface area contributed by atoms with Crippen LogP contribution in [0.25, 0.3) is 0 Å². The van der Waals surface area contributed by atoms with Gasteiger partial charge in [-0.15, -0.1) is 23.5 Å². The molecule has 0 aromatic heterocycles. The summed E-state index contributed by atoms with van der Waals surface area (Å²) in [5, 5.41) is 5.73. The molecule has 1 spiro atoms. The van der Waals surface area contributed by atoms with Gasteiger partial charge in [-0.1, -0.05) is 31.9 Å². The number of hydrogen-bond acceptors (Lipinski definition) is 5. The zero-order valence-corrected chi connectivity index (χ0v) is 17.5. The smallest absolute Gasteiger partial charge is 0.325 e. The molecule has 1 aromatic rings. The Morgan fingerprint density at radius 1 is 1.29 bits per heavy atom. The maximum Gasteiger partial charge on any atom is 0.325 e. The highest BCUT2D eigenvalue weighted by atomic mass is 32.2. The van der Waals surface area contributed by atoms with Crippen molar-refractivity contribution in [2.75, 3.05) is 23.4 Å². The van der Waals surface area contributed by atoms with Crippen LogP contribution in [0.5, 0.6) is 0 Å². The number of thioether (sulfide) groups is 2. The second kappa shape index (κ2) is 7.99. The third-order valence-electron chi connectivity index (χ3n) is 5.87. The number of imide groups is 1. The van der Waals surface area contributed by atoms with E-state index in [2.05, 4.69) is 16.7 Å². The summed E-state index contributed by atoms with van der Waals surface area (Å²) < 4.78 is 0.399. The van der Waals surface area contributed by atoms with E-state index in [0.717, 1.165) is 35.7 Å². The molecule has 2 saturated heterocycles. The maximum atomic E-state index is 13.0. The van der Waals surface area contributed by atoms with Gasteiger partial charge in [-0.25, -0.2) is 4.79 Å². The lowest BCUT2D eigenvalue weighted by atomic mass is 9.73. The predicted molar refractivity (Wildman–Crippen MR) is 113 cm³/mol.